The lowest BCUT2D eigenvalue weighted by atomic mass is 10.1. The van der Waals surface area contributed by atoms with Crippen LogP contribution in [-0.2, 0) is 9.59 Å². The third-order valence-electron chi connectivity index (χ3n) is 4.17. The van der Waals surface area contributed by atoms with Crippen molar-refractivity contribution in [2.24, 2.45) is 5.92 Å². The SMILES string of the molecule is CCOc1ccc(N2CC(C(=O)Nc3c(F)cccc3F)CC2=O)cc1. The molecule has 2 aromatic rings. The van der Waals surface area contributed by atoms with Crippen LogP contribution < -0.4 is 15.0 Å². The van der Waals surface area contributed by atoms with Gasteiger partial charge in [-0.05, 0) is 43.3 Å². The second-order valence-electron chi connectivity index (χ2n) is 5.92. The minimum absolute atomic E-state index is 0.0187. The number of nitrogens with one attached hydrogen (secondary N) is 1. The number of ether oxygens (including phenoxy) is 1. The van der Waals surface area contributed by atoms with Crippen LogP contribution in [0, 0.1) is 17.6 Å². The fraction of sp³-hybridized carbons (Fsp3) is 0.263. The standard InChI is InChI=1S/C19H18F2N2O3/c1-2-26-14-8-6-13(7-9-14)23-11-12(10-17(23)24)19(25)22-18-15(20)4-3-5-16(18)21/h3-9,12H,2,10-11H2,1H3,(H,22,25). The zero-order chi connectivity index (χ0) is 18.7. The van der Waals surface area contributed by atoms with Crippen LogP contribution in [-0.4, -0.2) is 25.0 Å². The summed E-state index contributed by atoms with van der Waals surface area (Å²) in [5.74, 6) is -2.52. The molecular weight excluding hydrogens is 342 g/mol. The van der Waals surface area contributed by atoms with E-state index in [0.29, 0.717) is 18.0 Å². The van der Waals surface area contributed by atoms with Crippen LogP contribution in [0.1, 0.15) is 13.3 Å². The Bertz CT molecular complexity index is 804. The van der Waals surface area contributed by atoms with Gasteiger partial charge in [0.1, 0.15) is 23.1 Å². The molecule has 1 saturated heterocycles. The maximum absolute atomic E-state index is 13.7. The Hall–Kier alpha value is -2.96. The summed E-state index contributed by atoms with van der Waals surface area (Å²) >= 11 is 0. The minimum Gasteiger partial charge on any atom is -0.494 e. The van der Waals surface area contributed by atoms with Crippen LogP contribution >= 0.6 is 0 Å². The van der Waals surface area contributed by atoms with Crippen molar-refractivity contribution in [2.75, 3.05) is 23.4 Å². The maximum atomic E-state index is 13.7. The van der Waals surface area contributed by atoms with Crippen molar-refractivity contribution >= 4 is 23.2 Å². The number of hydrogen-bond donors (Lipinski definition) is 1. The topological polar surface area (TPSA) is 58.6 Å². The summed E-state index contributed by atoms with van der Waals surface area (Å²) in [4.78, 5) is 26.1. The monoisotopic (exact) mass is 360 g/mol. The molecule has 1 aliphatic heterocycles. The molecule has 26 heavy (non-hydrogen) atoms. The predicted molar refractivity (Wildman–Crippen MR) is 93.1 cm³/mol. The summed E-state index contributed by atoms with van der Waals surface area (Å²) in [5, 5.41) is 2.25. The molecule has 0 saturated carbocycles. The second kappa shape index (κ2) is 7.51. The number of rotatable bonds is 5. The first-order valence-electron chi connectivity index (χ1n) is 8.27. The van der Waals surface area contributed by atoms with Gasteiger partial charge in [0.2, 0.25) is 11.8 Å². The molecule has 7 heteroatoms. The van der Waals surface area contributed by atoms with E-state index in [1.54, 1.807) is 24.3 Å². The number of carbonyl (C=O) groups is 2. The molecule has 0 aromatic heterocycles. The van der Waals surface area contributed by atoms with Crippen LogP contribution in [0.4, 0.5) is 20.2 Å². The lowest BCUT2D eigenvalue weighted by Gasteiger charge is -2.17. The first-order valence-corrected chi connectivity index (χ1v) is 8.27. The molecule has 3 rings (SSSR count). The number of anilines is 2. The van der Waals surface area contributed by atoms with Gasteiger partial charge in [-0.1, -0.05) is 6.07 Å². The van der Waals surface area contributed by atoms with Crippen LogP contribution in [0.3, 0.4) is 0 Å². The molecule has 0 radical (unpaired) electrons. The van der Waals surface area contributed by atoms with Crippen molar-refractivity contribution in [3.05, 3.63) is 54.1 Å². The average Bonchev–Trinajstić information content (AvgIpc) is 3.01. The lowest BCUT2D eigenvalue weighted by Crippen LogP contribution is -2.28. The van der Waals surface area contributed by atoms with Gasteiger partial charge in [-0.2, -0.15) is 0 Å². The first kappa shape index (κ1) is 17.8. The zero-order valence-corrected chi connectivity index (χ0v) is 14.2. The van der Waals surface area contributed by atoms with Gasteiger partial charge < -0.3 is 15.0 Å². The molecule has 2 aromatic carbocycles. The van der Waals surface area contributed by atoms with Gasteiger partial charge in [-0.15, -0.1) is 0 Å². The zero-order valence-electron chi connectivity index (χ0n) is 14.2. The highest BCUT2D eigenvalue weighted by Gasteiger charge is 2.35. The van der Waals surface area contributed by atoms with Gasteiger partial charge in [0.05, 0.1) is 12.5 Å². The van der Waals surface area contributed by atoms with Gasteiger partial charge in [-0.3, -0.25) is 9.59 Å². The third kappa shape index (κ3) is 3.66. The Balaban J connectivity index is 1.70. The summed E-state index contributed by atoms with van der Waals surface area (Å²) in [5.41, 5.74) is 0.148. The Kier molecular flexibility index (Phi) is 5.16. The van der Waals surface area contributed by atoms with Gasteiger partial charge in [-0.25, -0.2) is 8.78 Å². The molecule has 1 aliphatic rings. The van der Waals surface area contributed by atoms with Crippen LogP contribution in [0.5, 0.6) is 5.75 Å². The van der Waals surface area contributed by atoms with Crippen molar-refractivity contribution in [1.29, 1.82) is 0 Å². The van der Waals surface area contributed by atoms with Crippen molar-refractivity contribution < 1.29 is 23.1 Å². The predicted octanol–water partition coefficient (Wildman–Crippen LogP) is 3.36. The normalized spacial score (nSPS) is 16.7. The Morgan fingerprint density at radius 1 is 1.19 bits per heavy atom. The number of para-hydroxylation sites is 1. The van der Waals surface area contributed by atoms with E-state index in [1.807, 2.05) is 6.92 Å². The smallest absolute Gasteiger partial charge is 0.229 e. The van der Waals surface area contributed by atoms with E-state index in [9.17, 15) is 18.4 Å². The van der Waals surface area contributed by atoms with Gasteiger partial charge in [0.25, 0.3) is 0 Å². The molecule has 1 heterocycles. The van der Waals surface area contributed by atoms with E-state index in [1.165, 1.54) is 11.0 Å². The van der Waals surface area contributed by atoms with E-state index >= 15 is 0 Å². The third-order valence-corrected chi connectivity index (χ3v) is 4.17. The molecule has 1 atom stereocenters. The highest BCUT2D eigenvalue weighted by atomic mass is 19.1. The minimum atomic E-state index is -0.856. The van der Waals surface area contributed by atoms with E-state index in [2.05, 4.69) is 5.32 Å². The van der Waals surface area contributed by atoms with E-state index in [-0.39, 0.29) is 18.9 Å². The van der Waals surface area contributed by atoms with Crippen molar-refractivity contribution in [2.45, 2.75) is 13.3 Å². The lowest BCUT2D eigenvalue weighted by molar-refractivity contribution is -0.122. The van der Waals surface area contributed by atoms with Crippen molar-refractivity contribution in [3.63, 3.8) is 0 Å². The van der Waals surface area contributed by atoms with E-state index in [0.717, 1.165) is 12.1 Å². The summed E-state index contributed by atoms with van der Waals surface area (Å²) in [7, 11) is 0. The molecule has 1 N–H and O–H groups in total. The highest BCUT2D eigenvalue weighted by Crippen LogP contribution is 2.28. The molecule has 0 aliphatic carbocycles. The number of carbonyl (C=O) groups excluding carboxylic acids is 2. The number of nitrogens with zero attached hydrogens (tertiary/aromatic N) is 1. The molecular formula is C19H18F2N2O3. The van der Waals surface area contributed by atoms with Gasteiger partial charge >= 0.3 is 0 Å². The highest BCUT2D eigenvalue weighted by molar-refractivity contribution is 6.03. The fourth-order valence-corrected chi connectivity index (χ4v) is 2.86. The van der Waals surface area contributed by atoms with Gasteiger partial charge in [0.15, 0.2) is 0 Å². The summed E-state index contributed by atoms with van der Waals surface area (Å²) in [6.07, 6.45) is -0.0187. The first-order chi connectivity index (χ1) is 12.5. The summed E-state index contributed by atoms with van der Waals surface area (Å²) in [6, 6.07) is 10.3. The molecule has 5 nitrogen and oxygen atoms in total. The summed E-state index contributed by atoms with van der Waals surface area (Å²) < 4.78 is 32.7. The molecule has 1 unspecified atom stereocenters. The second-order valence-corrected chi connectivity index (χ2v) is 5.92. The van der Waals surface area contributed by atoms with Crippen LogP contribution in [0.25, 0.3) is 0 Å². The average molecular weight is 360 g/mol. The maximum Gasteiger partial charge on any atom is 0.229 e. The largest absolute Gasteiger partial charge is 0.494 e. The Labute approximate surface area is 149 Å². The molecule has 1 fully saturated rings. The molecule has 2 amide bonds. The molecule has 0 bridgehead atoms. The van der Waals surface area contributed by atoms with Crippen molar-refractivity contribution in [3.8, 4) is 5.75 Å². The van der Waals surface area contributed by atoms with Crippen LogP contribution in [0.2, 0.25) is 0 Å². The Morgan fingerprint density at radius 3 is 2.46 bits per heavy atom. The van der Waals surface area contributed by atoms with E-state index < -0.39 is 29.1 Å². The Morgan fingerprint density at radius 2 is 1.85 bits per heavy atom. The quantitative estimate of drug-likeness (QED) is 0.890. The van der Waals surface area contributed by atoms with E-state index in [4.69, 9.17) is 4.74 Å². The van der Waals surface area contributed by atoms with Gasteiger partial charge in [0, 0.05) is 18.7 Å². The number of hydrogen-bond acceptors (Lipinski definition) is 3. The number of halogens is 2. The molecule has 0 spiro atoms. The fourth-order valence-electron chi connectivity index (χ4n) is 2.86. The van der Waals surface area contributed by atoms with Crippen molar-refractivity contribution in [1.82, 2.24) is 0 Å². The number of amides is 2. The molecule has 136 valence electrons. The van der Waals surface area contributed by atoms with Crippen LogP contribution in [0.15, 0.2) is 42.5 Å². The number of benzene rings is 2. The summed E-state index contributed by atoms with van der Waals surface area (Å²) in [6.45, 7) is 2.56.